The lowest BCUT2D eigenvalue weighted by Gasteiger charge is -2.16. The van der Waals surface area contributed by atoms with Crippen LogP contribution in [0.2, 0.25) is 0 Å². The van der Waals surface area contributed by atoms with Gasteiger partial charge in [0.25, 0.3) is 5.91 Å². The van der Waals surface area contributed by atoms with E-state index in [1.54, 1.807) is 18.3 Å². The minimum absolute atomic E-state index is 0.120. The summed E-state index contributed by atoms with van der Waals surface area (Å²) in [6, 6.07) is 12.8. The van der Waals surface area contributed by atoms with Crippen LogP contribution in [0.15, 0.2) is 48.7 Å². The number of hydrogen-bond donors (Lipinski definition) is 2. The Morgan fingerprint density at radius 1 is 1.04 bits per heavy atom. The number of ether oxygens (including phenoxy) is 1. The summed E-state index contributed by atoms with van der Waals surface area (Å²) in [5.74, 6) is 0.864. The number of benzene rings is 1. The molecule has 2 N–H and O–H groups in total. The standard InChI is InChI=1S/C19H22N4O3/c24-18(13-21-19(25)14-26-16-6-2-1-3-7-16)22-15-8-9-17(20-12-15)23-10-4-5-11-23/h1-3,6-9,12H,4-5,10-11,13-14H2,(H,21,25)(H,22,24). The summed E-state index contributed by atoms with van der Waals surface area (Å²) in [4.78, 5) is 30.3. The van der Waals surface area contributed by atoms with E-state index in [2.05, 4.69) is 20.5 Å². The third-order valence-corrected chi connectivity index (χ3v) is 4.02. The highest BCUT2D eigenvalue weighted by Gasteiger charge is 2.13. The molecule has 2 heterocycles. The number of nitrogens with one attached hydrogen (secondary N) is 2. The van der Waals surface area contributed by atoms with Crippen LogP contribution in [0.25, 0.3) is 0 Å². The van der Waals surface area contributed by atoms with Gasteiger partial charge in [-0.25, -0.2) is 4.98 Å². The van der Waals surface area contributed by atoms with E-state index in [1.807, 2.05) is 30.3 Å². The minimum atomic E-state index is -0.355. The lowest BCUT2D eigenvalue weighted by molar-refractivity contribution is -0.125. The molecule has 1 aliphatic heterocycles. The third kappa shape index (κ3) is 5.20. The number of para-hydroxylation sites is 1. The molecule has 1 aromatic carbocycles. The van der Waals surface area contributed by atoms with Crippen LogP contribution in [0.5, 0.6) is 5.75 Å². The lowest BCUT2D eigenvalue weighted by atomic mass is 10.3. The van der Waals surface area contributed by atoms with Crippen molar-refractivity contribution in [3.8, 4) is 5.75 Å². The summed E-state index contributed by atoms with van der Waals surface area (Å²) < 4.78 is 5.32. The highest BCUT2D eigenvalue weighted by molar-refractivity contribution is 5.94. The second-order valence-corrected chi connectivity index (χ2v) is 6.03. The molecule has 0 unspecified atom stereocenters. The monoisotopic (exact) mass is 354 g/mol. The fourth-order valence-electron chi connectivity index (χ4n) is 2.69. The Labute approximate surface area is 152 Å². The van der Waals surface area contributed by atoms with E-state index in [4.69, 9.17) is 4.74 Å². The van der Waals surface area contributed by atoms with Gasteiger partial charge >= 0.3 is 0 Å². The second kappa shape index (κ2) is 8.84. The van der Waals surface area contributed by atoms with Crippen molar-refractivity contribution in [2.75, 3.05) is 36.5 Å². The quantitative estimate of drug-likeness (QED) is 0.792. The summed E-state index contributed by atoms with van der Waals surface area (Å²) in [6.45, 7) is 1.79. The van der Waals surface area contributed by atoms with Gasteiger partial charge in [-0.3, -0.25) is 9.59 Å². The largest absolute Gasteiger partial charge is 0.484 e. The fourth-order valence-corrected chi connectivity index (χ4v) is 2.69. The molecule has 3 rings (SSSR count). The van der Waals surface area contributed by atoms with Gasteiger partial charge in [0.05, 0.1) is 18.4 Å². The van der Waals surface area contributed by atoms with Gasteiger partial charge in [-0.15, -0.1) is 0 Å². The average molecular weight is 354 g/mol. The molecule has 0 radical (unpaired) electrons. The first-order chi connectivity index (χ1) is 12.7. The van der Waals surface area contributed by atoms with Gasteiger partial charge in [-0.2, -0.15) is 0 Å². The van der Waals surface area contributed by atoms with E-state index in [0.29, 0.717) is 11.4 Å². The maximum atomic E-state index is 11.9. The molecule has 1 saturated heterocycles. The Kier molecular flexibility index (Phi) is 6.03. The van der Waals surface area contributed by atoms with Gasteiger partial charge < -0.3 is 20.3 Å². The van der Waals surface area contributed by atoms with Crippen molar-refractivity contribution >= 4 is 23.3 Å². The SMILES string of the molecule is O=C(COc1ccccc1)NCC(=O)Nc1ccc(N2CCCC2)nc1. The molecular weight excluding hydrogens is 332 g/mol. The van der Waals surface area contributed by atoms with Crippen molar-refractivity contribution in [3.63, 3.8) is 0 Å². The Balaban J connectivity index is 1.38. The summed E-state index contributed by atoms with van der Waals surface area (Å²) >= 11 is 0. The first kappa shape index (κ1) is 17.7. The molecule has 0 aliphatic carbocycles. The fraction of sp³-hybridized carbons (Fsp3) is 0.316. The number of pyridine rings is 1. The number of anilines is 2. The summed E-state index contributed by atoms with van der Waals surface area (Å²) in [5.41, 5.74) is 0.604. The molecule has 2 amide bonds. The molecule has 0 bridgehead atoms. The van der Waals surface area contributed by atoms with Gasteiger partial charge in [0, 0.05) is 13.1 Å². The average Bonchev–Trinajstić information content (AvgIpc) is 3.21. The maximum Gasteiger partial charge on any atom is 0.258 e. The number of carbonyl (C=O) groups excluding carboxylic acids is 2. The number of hydrogen-bond acceptors (Lipinski definition) is 5. The van der Waals surface area contributed by atoms with E-state index < -0.39 is 0 Å². The molecule has 1 fully saturated rings. The Bertz CT molecular complexity index is 728. The molecule has 7 nitrogen and oxygen atoms in total. The van der Waals surface area contributed by atoms with Crippen LogP contribution < -0.4 is 20.3 Å². The van der Waals surface area contributed by atoms with Gasteiger partial charge in [0.1, 0.15) is 11.6 Å². The summed E-state index contributed by atoms with van der Waals surface area (Å²) in [6.07, 6.45) is 4.01. The van der Waals surface area contributed by atoms with E-state index >= 15 is 0 Å². The van der Waals surface area contributed by atoms with E-state index in [0.717, 1.165) is 18.9 Å². The predicted octanol–water partition coefficient (Wildman–Crippen LogP) is 1.82. The van der Waals surface area contributed by atoms with Gasteiger partial charge in [0.2, 0.25) is 5.91 Å². The maximum absolute atomic E-state index is 11.9. The zero-order valence-electron chi connectivity index (χ0n) is 14.5. The van der Waals surface area contributed by atoms with Gasteiger partial charge in [0.15, 0.2) is 6.61 Å². The second-order valence-electron chi connectivity index (χ2n) is 6.03. The number of aromatic nitrogens is 1. The molecule has 1 aromatic heterocycles. The highest BCUT2D eigenvalue weighted by atomic mass is 16.5. The molecular formula is C19H22N4O3. The first-order valence-electron chi connectivity index (χ1n) is 8.66. The smallest absolute Gasteiger partial charge is 0.258 e. The third-order valence-electron chi connectivity index (χ3n) is 4.02. The molecule has 26 heavy (non-hydrogen) atoms. The van der Waals surface area contributed by atoms with Crippen molar-refractivity contribution in [2.45, 2.75) is 12.8 Å². The lowest BCUT2D eigenvalue weighted by Crippen LogP contribution is -2.35. The van der Waals surface area contributed by atoms with Crippen molar-refractivity contribution in [1.82, 2.24) is 10.3 Å². The van der Waals surface area contributed by atoms with E-state index in [-0.39, 0.29) is 25.0 Å². The highest BCUT2D eigenvalue weighted by Crippen LogP contribution is 2.18. The van der Waals surface area contributed by atoms with Crippen LogP contribution in [0.1, 0.15) is 12.8 Å². The van der Waals surface area contributed by atoms with Crippen molar-refractivity contribution in [1.29, 1.82) is 0 Å². The topological polar surface area (TPSA) is 83.6 Å². The van der Waals surface area contributed by atoms with Crippen LogP contribution in [0.4, 0.5) is 11.5 Å². The zero-order valence-corrected chi connectivity index (χ0v) is 14.5. The molecule has 0 spiro atoms. The Hall–Kier alpha value is -3.09. The Morgan fingerprint density at radius 3 is 2.50 bits per heavy atom. The van der Waals surface area contributed by atoms with Crippen molar-refractivity contribution in [2.24, 2.45) is 0 Å². The van der Waals surface area contributed by atoms with Crippen molar-refractivity contribution in [3.05, 3.63) is 48.7 Å². The van der Waals surface area contributed by atoms with E-state index in [1.165, 1.54) is 12.8 Å². The van der Waals surface area contributed by atoms with Gasteiger partial charge in [-0.05, 0) is 37.1 Å². The van der Waals surface area contributed by atoms with E-state index in [9.17, 15) is 9.59 Å². The molecule has 2 aromatic rings. The van der Waals surface area contributed by atoms with Crippen molar-refractivity contribution < 1.29 is 14.3 Å². The van der Waals surface area contributed by atoms with Crippen LogP contribution in [-0.4, -0.2) is 43.0 Å². The zero-order chi connectivity index (χ0) is 18.2. The predicted molar refractivity (Wildman–Crippen MR) is 99.3 cm³/mol. The normalized spacial score (nSPS) is 13.3. The first-order valence-corrected chi connectivity index (χ1v) is 8.66. The Morgan fingerprint density at radius 2 is 1.81 bits per heavy atom. The molecule has 136 valence electrons. The van der Waals surface area contributed by atoms with Crippen LogP contribution >= 0.6 is 0 Å². The minimum Gasteiger partial charge on any atom is -0.484 e. The van der Waals surface area contributed by atoms with Crippen LogP contribution in [0.3, 0.4) is 0 Å². The molecule has 0 atom stereocenters. The number of amides is 2. The summed E-state index contributed by atoms with van der Waals surface area (Å²) in [5, 5.41) is 5.24. The van der Waals surface area contributed by atoms with Crippen LogP contribution in [0, 0.1) is 0 Å². The molecule has 7 heteroatoms. The van der Waals surface area contributed by atoms with Crippen LogP contribution in [-0.2, 0) is 9.59 Å². The molecule has 0 saturated carbocycles. The summed E-state index contributed by atoms with van der Waals surface area (Å²) in [7, 11) is 0. The van der Waals surface area contributed by atoms with Gasteiger partial charge in [-0.1, -0.05) is 18.2 Å². The molecule has 1 aliphatic rings. The number of rotatable bonds is 7. The number of carbonyl (C=O) groups is 2. The number of nitrogens with zero attached hydrogens (tertiary/aromatic N) is 2.